The van der Waals surface area contributed by atoms with E-state index in [1.807, 2.05) is 0 Å². The Morgan fingerprint density at radius 3 is 2.88 bits per heavy atom. The Bertz CT molecular complexity index is 847. The molecule has 0 unspecified atom stereocenters. The Morgan fingerprint density at radius 1 is 1.25 bits per heavy atom. The number of oxazole rings is 1. The quantitative estimate of drug-likeness (QED) is 0.922. The molecule has 0 aliphatic carbocycles. The van der Waals surface area contributed by atoms with E-state index in [1.165, 1.54) is 0 Å². The normalized spacial score (nSPS) is 18.7. The third kappa shape index (κ3) is 2.90. The molecular weight excluding hydrogens is 310 g/mol. The second kappa shape index (κ2) is 6.09. The van der Waals surface area contributed by atoms with Crippen LogP contribution >= 0.6 is 0 Å². The average molecular weight is 327 g/mol. The molecule has 2 aliphatic rings. The van der Waals surface area contributed by atoms with Crippen LogP contribution in [0.2, 0.25) is 0 Å². The third-order valence-corrected chi connectivity index (χ3v) is 4.07. The number of hydrogen-bond acceptors (Lipinski definition) is 7. The highest BCUT2D eigenvalue weighted by Crippen LogP contribution is 2.25. The molecule has 24 heavy (non-hydrogen) atoms. The number of phenols is 1. The Labute approximate surface area is 138 Å². The van der Waals surface area contributed by atoms with Crippen LogP contribution in [0.5, 0.6) is 5.75 Å². The maximum absolute atomic E-state index is 12.0. The van der Waals surface area contributed by atoms with Gasteiger partial charge in [0.2, 0.25) is 5.89 Å². The summed E-state index contributed by atoms with van der Waals surface area (Å²) in [6.45, 7) is 2.74. The summed E-state index contributed by atoms with van der Waals surface area (Å²) in [5.41, 5.74) is 1.67. The van der Waals surface area contributed by atoms with Crippen molar-refractivity contribution in [2.24, 2.45) is 4.99 Å². The van der Waals surface area contributed by atoms with Crippen LogP contribution < -0.4 is 0 Å². The third-order valence-electron chi connectivity index (χ3n) is 4.07. The summed E-state index contributed by atoms with van der Waals surface area (Å²) < 4.78 is 11.0. The SMILES string of the molecule is O=C1C=C(N2CCOCC2)N=C(Cc2nc3c(O)cccc3o2)C1. The van der Waals surface area contributed by atoms with E-state index >= 15 is 0 Å². The first-order valence-electron chi connectivity index (χ1n) is 7.90. The first-order valence-corrected chi connectivity index (χ1v) is 7.90. The van der Waals surface area contributed by atoms with Crippen molar-refractivity contribution >= 4 is 22.6 Å². The van der Waals surface area contributed by atoms with E-state index in [4.69, 9.17) is 9.15 Å². The molecule has 1 aromatic carbocycles. The Balaban J connectivity index is 1.58. The molecule has 2 aliphatic heterocycles. The zero-order valence-corrected chi connectivity index (χ0v) is 13.1. The molecule has 0 atom stereocenters. The van der Waals surface area contributed by atoms with Crippen molar-refractivity contribution < 1.29 is 19.1 Å². The average Bonchev–Trinajstić information content (AvgIpc) is 2.99. The molecule has 2 aromatic rings. The highest BCUT2D eigenvalue weighted by atomic mass is 16.5. The molecule has 1 saturated heterocycles. The van der Waals surface area contributed by atoms with E-state index in [1.54, 1.807) is 24.3 Å². The van der Waals surface area contributed by atoms with Crippen LogP contribution in [-0.4, -0.2) is 52.8 Å². The number of fused-ring (bicyclic) bond motifs is 1. The van der Waals surface area contributed by atoms with Gasteiger partial charge >= 0.3 is 0 Å². The van der Waals surface area contributed by atoms with Gasteiger partial charge in [-0.25, -0.2) is 9.98 Å². The molecule has 0 saturated carbocycles. The summed E-state index contributed by atoms with van der Waals surface area (Å²) in [5.74, 6) is 1.24. The van der Waals surface area contributed by atoms with E-state index in [0.29, 0.717) is 42.4 Å². The lowest BCUT2D eigenvalue weighted by Crippen LogP contribution is -2.36. The lowest BCUT2D eigenvalue weighted by atomic mass is 10.1. The fraction of sp³-hybridized carbons (Fsp3) is 0.353. The van der Waals surface area contributed by atoms with Crippen molar-refractivity contribution in [3.05, 3.63) is 36.0 Å². The first kappa shape index (κ1) is 14.9. The van der Waals surface area contributed by atoms with Crippen LogP contribution in [0.4, 0.5) is 0 Å². The van der Waals surface area contributed by atoms with Crippen LogP contribution in [0.15, 0.2) is 39.5 Å². The molecule has 7 heteroatoms. The number of morpholine rings is 1. The molecule has 7 nitrogen and oxygen atoms in total. The van der Waals surface area contributed by atoms with Gasteiger partial charge in [-0.1, -0.05) is 6.07 Å². The number of aromatic nitrogens is 1. The van der Waals surface area contributed by atoms with Gasteiger partial charge < -0.3 is 19.2 Å². The van der Waals surface area contributed by atoms with Gasteiger partial charge in [0.25, 0.3) is 0 Å². The topological polar surface area (TPSA) is 88.2 Å². The second-order valence-corrected chi connectivity index (χ2v) is 5.83. The number of para-hydroxylation sites is 1. The smallest absolute Gasteiger partial charge is 0.201 e. The molecule has 4 rings (SSSR count). The zero-order chi connectivity index (χ0) is 16.5. The van der Waals surface area contributed by atoms with Crippen molar-refractivity contribution in [2.45, 2.75) is 12.8 Å². The number of carbonyl (C=O) groups is 1. The maximum atomic E-state index is 12.0. The number of allylic oxidation sites excluding steroid dienone is 1. The number of hydrogen-bond donors (Lipinski definition) is 1. The number of benzene rings is 1. The number of aliphatic imine (C=N–C) groups is 1. The summed E-state index contributed by atoms with van der Waals surface area (Å²) in [4.78, 5) is 23.0. The molecular formula is C17H17N3O4. The van der Waals surface area contributed by atoms with Crippen LogP contribution in [0, 0.1) is 0 Å². The fourth-order valence-electron chi connectivity index (χ4n) is 2.92. The first-order chi connectivity index (χ1) is 11.7. The van der Waals surface area contributed by atoms with Gasteiger partial charge in [0, 0.05) is 31.3 Å². The number of nitrogens with zero attached hydrogens (tertiary/aromatic N) is 3. The van der Waals surface area contributed by atoms with Crippen LogP contribution in [-0.2, 0) is 16.0 Å². The van der Waals surface area contributed by atoms with Crippen molar-refractivity contribution in [2.75, 3.05) is 26.3 Å². The van der Waals surface area contributed by atoms with Crippen molar-refractivity contribution in [3.8, 4) is 5.75 Å². The minimum atomic E-state index is 0.0282. The van der Waals surface area contributed by atoms with E-state index < -0.39 is 0 Å². The Morgan fingerprint density at radius 2 is 2.08 bits per heavy atom. The number of aromatic hydroxyl groups is 1. The van der Waals surface area contributed by atoms with Crippen LogP contribution in [0.1, 0.15) is 12.3 Å². The monoisotopic (exact) mass is 327 g/mol. The number of phenolic OH excluding ortho intramolecular Hbond substituents is 1. The van der Waals surface area contributed by atoms with Crippen LogP contribution in [0.25, 0.3) is 11.1 Å². The molecule has 1 fully saturated rings. The maximum Gasteiger partial charge on any atom is 0.201 e. The van der Waals surface area contributed by atoms with Gasteiger partial charge in [0.15, 0.2) is 16.9 Å². The Hall–Kier alpha value is -2.67. The lowest BCUT2D eigenvalue weighted by Gasteiger charge is -2.30. The minimum Gasteiger partial charge on any atom is -0.506 e. The number of ketones is 1. The highest BCUT2D eigenvalue weighted by Gasteiger charge is 2.21. The molecule has 124 valence electrons. The molecule has 1 N–H and O–H groups in total. The lowest BCUT2D eigenvalue weighted by molar-refractivity contribution is -0.113. The van der Waals surface area contributed by atoms with Gasteiger partial charge in [0.1, 0.15) is 11.6 Å². The summed E-state index contributed by atoms with van der Waals surface area (Å²) in [5, 5.41) is 9.81. The Kier molecular flexibility index (Phi) is 3.78. The van der Waals surface area contributed by atoms with Gasteiger partial charge in [-0.3, -0.25) is 4.79 Å². The summed E-state index contributed by atoms with van der Waals surface area (Å²) in [6, 6.07) is 5.02. The standard InChI is InChI=1S/C17H17N3O4/c21-12-8-11(18-15(10-12)20-4-6-23-7-5-20)9-16-19-17-13(22)2-1-3-14(17)24-16/h1-3,10,22H,4-9H2. The molecule has 1 aromatic heterocycles. The van der Waals surface area contributed by atoms with Crippen molar-refractivity contribution in [1.82, 2.24) is 9.88 Å². The molecule has 0 spiro atoms. The molecule has 0 radical (unpaired) electrons. The van der Waals surface area contributed by atoms with Gasteiger partial charge in [-0.2, -0.15) is 0 Å². The summed E-state index contributed by atoms with van der Waals surface area (Å²) >= 11 is 0. The van der Waals surface area contributed by atoms with Gasteiger partial charge in [-0.05, 0) is 12.1 Å². The van der Waals surface area contributed by atoms with E-state index in [-0.39, 0.29) is 18.0 Å². The summed E-state index contributed by atoms with van der Waals surface area (Å²) in [7, 11) is 0. The van der Waals surface area contributed by atoms with Crippen LogP contribution in [0.3, 0.4) is 0 Å². The largest absolute Gasteiger partial charge is 0.506 e. The van der Waals surface area contributed by atoms with Crippen molar-refractivity contribution in [1.29, 1.82) is 0 Å². The van der Waals surface area contributed by atoms with E-state index in [0.717, 1.165) is 18.8 Å². The molecule has 0 amide bonds. The predicted molar refractivity (Wildman–Crippen MR) is 86.9 cm³/mol. The second-order valence-electron chi connectivity index (χ2n) is 5.83. The highest BCUT2D eigenvalue weighted by molar-refractivity contribution is 6.09. The summed E-state index contributed by atoms with van der Waals surface area (Å²) in [6.07, 6.45) is 2.20. The van der Waals surface area contributed by atoms with E-state index in [2.05, 4.69) is 14.9 Å². The number of carbonyl (C=O) groups excluding carboxylic acids is 1. The van der Waals surface area contributed by atoms with Gasteiger partial charge in [0.05, 0.1) is 19.6 Å². The van der Waals surface area contributed by atoms with Crippen molar-refractivity contribution in [3.63, 3.8) is 0 Å². The van der Waals surface area contributed by atoms with E-state index in [9.17, 15) is 9.90 Å². The fourth-order valence-corrected chi connectivity index (χ4v) is 2.92. The predicted octanol–water partition coefficient (Wildman–Crippen LogP) is 1.66. The number of rotatable bonds is 3. The molecule has 3 heterocycles. The number of ether oxygens (including phenoxy) is 1. The van der Waals surface area contributed by atoms with Gasteiger partial charge in [-0.15, -0.1) is 0 Å². The molecule has 0 bridgehead atoms. The minimum absolute atomic E-state index is 0.0282. The zero-order valence-electron chi connectivity index (χ0n) is 13.1.